The molecule has 0 aliphatic heterocycles. The van der Waals surface area contributed by atoms with Gasteiger partial charge in [0.15, 0.2) is 0 Å². The number of aromatic nitrogens is 1. The van der Waals surface area contributed by atoms with Crippen molar-refractivity contribution in [1.82, 2.24) is 4.98 Å². The lowest BCUT2D eigenvalue weighted by Crippen LogP contribution is -2.16. The summed E-state index contributed by atoms with van der Waals surface area (Å²) in [5.74, 6) is -0.720. The number of thiophene rings is 2. The van der Waals surface area contributed by atoms with Crippen LogP contribution in [-0.2, 0) is 30.4 Å². The first-order valence-corrected chi connectivity index (χ1v) is 14.1. The van der Waals surface area contributed by atoms with Crippen molar-refractivity contribution >= 4 is 55.5 Å². The van der Waals surface area contributed by atoms with Crippen molar-refractivity contribution in [2.45, 2.75) is 51.9 Å². The van der Waals surface area contributed by atoms with E-state index in [-0.39, 0.29) is 12.5 Å². The van der Waals surface area contributed by atoms with Gasteiger partial charge in [-0.25, -0.2) is 9.78 Å². The molecule has 0 fully saturated rings. The van der Waals surface area contributed by atoms with Gasteiger partial charge in [-0.3, -0.25) is 4.79 Å². The van der Waals surface area contributed by atoms with Crippen LogP contribution >= 0.6 is 22.7 Å². The summed E-state index contributed by atoms with van der Waals surface area (Å²) in [5, 5.41) is 4.37. The van der Waals surface area contributed by atoms with E-state index in [9.17, 15) is 9.59 Å². The molecule has 3 heterocycles. The largest absolute Gasteiger partial charge is 0.462 e. The third-order valence-electron chi connectivity index (χ3n) is 7.08. The summed E-state index contributed by atoms with van der Waals surface area (Å²) in [6, 6.07) is 10.3. The number of carbonyl (C=O) groups is 2. The highest BCUT2D eigenvalue weighted by Gasteiger charge is 2.30. The van der Waals surface area contributed by atoms with Crippen molar-refractivity contribution in [3.8, 4) is 10.4 Å². The zero-order valence-electron chi connectivity index (χ0n) is 20.1. The molecule has 184 valence electrons. The van der Waals surface area contributed by atoms with Gasteiger partial charge in [0, 0.05) is 16.0 Å². The van der Waals surface area contributed by atoms with Crippen LogP contribution in [0.5, 0.6) is 0 Å². The molecule has 0 unspecified atom stereocenters. The molecule has 1 aromatic carbocycles. The SMILES string of the molecule is CCOC(=O)c1c(NC(=O)c2sc3nc4c(cc3c2N)CCCCC4)sc2c1CCc1ccccc1-2. The van der Waals surface area contributed by atoms with Crippen molar-refractivity contribution < 1.29 is 14.3 Å². The number of pyridine rings is 1. The topological polar surface area (TPSA) is 94.3 Å². The number of hydrogen-bond donors (Lipinski definition) is 2. The smallest absolute Gasteiger partial charge is 0.341 e. The molecule has 36 heavy (non-hydrogen) atoms. The van der Waals surface area contributed by atoms with Crippen LogP contribution in [0.3, 0.4) is 0 Å². The number of rotatable bonds is 4. The van der Waals surface area contributed by atoms with Crippen LogP contribution < -0.4 is 11.1 Å². The first-order valence-electron chi connectivity index (χ1n) is 12.5. The quantitative estimate of drug-likeness (QED) is 0.241. The summed E-state index contributed by atoms with van der Waals surface area (Å²) in [5.41, 5.74) is 13.1. The number of nitrogens with one attached hydrogen (secondary N) is 1. The zero-order chi connectivity index (χ0) is 24.8. The molecule has 3 aromatic heterocycles. The summed E-state index contributed by atoms with van der Waals surface area (Å²) in [6.45, 7) is 2.06. The number of fused-ring (bicyclic) bond motifs is 5. The Balaban J connectivity index is 1.39. The number of amides is 1. The van der Waals surface area contributed by atoms with Gasteiger partial charge in [-0.15, -0.1) is 22.7 Å². The van der Waals surface area contributed by atoms with Gasteiger partial charge >= 0.3 is 5.97 Å². The van der Waals surface area contributed by atoms with Gasteiger partial charge < -0.3 is 15.8 Å². The molecule has 6 nitrogen and oxygen atoms in total. The lowest BCUT2D eigenvalue weighted by atomic mass is 9.89. The van der Waals surface area contributed by atoms with Crippen molar-refractivity contribution in [3.63, 3.8) is 0 Å². The highest BCUT2D eigenvalue weighted by molar-refractivity contribution is 7.22. The highest BCUT2D eigenvalue weighted by atomic mass is 32.1. The lowest BCUT2D eigenvalue weighted by molar-refractivity contribution is 0.0527. The predicted octanol–water partition coefficient (Wildman–Crippen LogP) is 6.40. The Bertz CT molecular complexity index is 1520. The number of nitrogens with two attached hydrogens (primary N) is 1. The fourth-order valence-electron chi connectivity index (χ4n) is 5.31. The van der Waals surface area contributed by atoms with Crippen LogP contribution in [0.15, 0.2) is 30.3 Å². The Morgan fingerprint density at radius 1 is 1.06 bits per heavy atom. The molecule has 3 N–H and O–H groups in total. The summed E-state index contributed by atoms with van der Waals surface area (Å²) >= 11 is 2.75. The zero-order valence-corrected chi connectivity index (χ0v) is 21.7. The molecule has 0 atom stereocenters. The second kappa shape index (κ2) is 9.33. The van der Waals surface area contributed by atoms with E-state index < -0.39 is 5.97 Å². The van der Waals surface area contributed by atoms with E-state index in [0.29, 0.717) is 21.1 Å². The molecular formula is C28H27N3O3S2. The molecular weight excluding hydrogens is 490 g/mol. The van der Waals surface area contributed by atoms with E-state index >= 15 is 0 Å². The Labute approximate surface area is 217 Å². The minimum absolute atomic E-state index is 0.271. The van der Waals surface area contributed by atoms with Crippen LogP contribution in [0.2, 0.25) is 0 Å². The average molecular weight is 518 g/mol. The number of nitrogen functional groups attached to an aromatic ring is 1. The molecule has 2 aliphatic rings. The number of anilines is 2. The predicted molar refractivity (Wildman–Crippen MR) is 146 cm³/mol. The van der Waals surface area contributed by atoms with Crippen LogP contribution in [-0.4, -0.2) is 23.5 Å². The van der Waals surface area contributed by atoms with Crippen LogP contribution in [0, 0.1) is 0 Å². The average Bonchev–Trinajstić information content (AvgIpc) is 3.30. The van der Waals surface area contributed by atoms with Gasteiger partial charge in [0.1, 0.15) is 14.7 Å². The fourth-order valence-corrected chi connectivity index (χ4v) is 7.60. The van der Waals surface area contributed by atoms with Crippen molar-refractivity contribution in [2.24, 2.45) is 0 Å². The Hall–Kier alpha value is -3.23. The molecule has 0 radical (unpaired) electrons. The number of carbonyl (C=O) groups excluding carboxylic acids is 2. The third kappa shape index (κ3) is 3.89. The van der Waals surface area contributed by atoms with Crippen molar-refractivity contribution in [2.75, 3.05) is 17.7 Å². The minimum atomic E-state index is -0.403. The maximum Gasteiger partial charge on any atom is 0.341 e. The summed E-state index contributed by atoms with van der Waals surface area (Å²) < 4.78 is 5.39. The summed E-state index contributed by atoms with van der Waals surface area (Å²) in [7, 11) is 0. The Morgan fingerprint density at radius 3 is 2.75 bits per heavy atom. The van der Waals surface area contributed by atoms with Gasteiger partial charge in [0.25, 0.3) is 5.91 Å². The van der Waals surface area contributed by atoms with E-state index in [4.69, 9.17) is 15.5 Å². The lowest BCUT2D eigenvalue weighted by Gasteiger charge is -2.16. The first kappa shape index (κ1) is 23.2. The fraction of sp³-hybridized carbons (Fsp3) is 0.321. The number of aryl methyl sites for hydroxylation is 3. The van der Waals surface area contributed by atoms with Crippen molar-refractivity contribution in [1.29, 1.82) is 0 Å². The Morgan fingerprint density at radius 2 is 1.89 bits per heavy atom. The molecule has 0 saturated carbocycles. The standard InChI is InChI=1S/C28H27N3O3S2/c1-2-34-28(33)21-18-13-12-15-8-6-7-10-17(15)23(18)35-27(21)31-25(32)24-22(29)19-14-16-9-4-3-5-11-20(16)30-26(19)36-24/h6-8,10,14H,2-5,9,11-13,29H2,1H3,(H,31,32). The van der Waals surface area contributed by atoms with E-state index in [0.717, 1.165) is 70.4 Å². The van der Waals surface area contributed by atoms with Gasteiger partial charge in [-0.05, 0) is 73.8 Å². The van der Waals surface area contributed by atoms with E-state index in [1.54, 1.807) is 6.92 Å². The molecule has 0 spiro atoms. The molecule has 8 heteroatoms. The maximum absolute atomic E-state index is 13.5. The molecule has 2 aliphatic carbocycles. The van der Waals surface area contributed by atoms with Crippen LogP contribution in [0.1, 0.15) is 68.6 Å². The number of esters is 1. The second-order valence-electron chi connectivity index (χ2n) is 9.30. The molecule has 0 saturated heterocycles. The number of nitrogens with zero attached hydrogens (tertiary/aromatic N) is 1. The normalized spacial score (nSPS) is 14.5. The second-order valence-corrected chi connectivity index (χ2v) is 11.3. The van der Waals surface area contributed by atoms with Gasteiger partial charge in [0.2, 0.25) is 0 Å². The third-order valence-corrected chi connectivity index (χ3v) is 9.37. The van der Waals surface area contributed by atoms with Crippen LogP contribution in [0.4, 0.5) is 10.7 Å². The molecule has 4 aromatic rings. The van der Waals surface area contributed by atoms with E-state index in [1.807, 2.05) is 12.1 Å². The van der Waals surface area contributed by atoms with E-state index in [2.05, 4.69) is 23.5 Å². The summed E-state index contributed by atoms with van der Waals surface area (Å²) in [4.78, 5) is 33.7. The monoisotopic (exact) mass is 517 g/mol. The number of ether oxygens (including phenoxy) is 1. The maximum atomic E-state index is 13.5. The highest BCUT2D eigenvalue weighted by Crippen LogP contribution is 2.46. The molecule has 1 amide bonds. The van der Waals surface area contributed by atoms with Gasteiger partial charge in [0.05, 0.1) is 17.9 Å². The molecule has 0 bridgehead atoms. The van der Waals surface area contributed by atoms with Gasteiger partial charge in [-0.1, -0.05) is 30.7 Å². The Kier molecular flexibility index (Phi) is 6.01. The van der Waals surface area contributed by atoms with Crippen molar-refractivity contribution in [3.05, 3.63) is 63.2 Å². The number of hydrogen-bond acceptors (Lipinski definition) is 7. The summed E-state index contributed by atoms with van der Waals surface area (Å²) in [6.07, 6.45) is 7.05. The molecule has 6 rings (SSSR count). The first-order chi connectivity index (χ1) is 17.5. The minimum Gasteiger partial charge on any atom is -0.462 e. The van der Waals surface area contributed by atoms with Crippen LogP contribution in [0.25, 0.3) is 20.7 Å². The number of benzene rings is 1. The van der Waals surface area contributed by atoms with E-state index in [1.165, 1.54) is 40.2 Å². The van der Waals surface area contributed by atoms with Gasteiger partial charge in [-0.2, -0.15) is 0 Å².